The van der Waals surface area contributed by atoms with Gasteiger partial charge in [-0.3, -0.25) is 4.90 Å². The number of methoxy groups -OCH3 is 1. The molecule has 2 aliphatic rings. The number of benzene rings is 1. The second-order valence-electron chi connectivity index (χ2n) is 6.52. The Labute approximate surface area is 153 Å². The lowest BCUT2D eigenvalue weighted by Crippen LogP contribution is -2.41. The van der Waals surface area contributed by atoms with Crippen molar-refractivity contribution in [3.05, 3.63) is 35.9 Å². The number of likely N-dealkylation sites (tertiary alicyclic amines) is 1. The third-order valence-corrected chi connectivity index (χ3v) is 4.66. The van der Waals surface area contributed by atoms with Gasteiger partial charge in [0.05, 0.1) is 19.8 Å². The first-order valence-corrected chi connectivity index (χ1v) is 8.99. The quantitative estimate of drug-likeness (QED) is 0.748. The molecule has 0 saturated carbocycles. The van der Waals surface area contributed by atoms with Crippen molar-refractivity contribution in [1.29, 1.82) is 0 Å². The number of ether oxygens (including phenoxy) is 4. The summed E-state index contributed by atoms with van der Waals surface area (Å²) in [5.74, 6) is -0.461. The van der Waals surface area contributed by atoms with Crippen LogP contribution < -0.4 is 0 Å². The van der Waals surface area contributed by atoms with E-state index in [1.165, 1.54) is 12.0 Å². The van der Waals surface area contributed by atoms with Crippen molar-refractivity contribution in [2.45, 2.75) is 50.7 Å². The van der Waals surface area contributed by atoms with Crippen LogP contribution in [-0.2, 0) is 30.3 Å². The molecule has 0 aromatic heterocycles. The maximum atomic E-state index is 12.5. The van der Waals surface area contributed by atoms with Crippen LogP contribution in [0.1, 0.15) is 31.2 Å². The molecule has 3 atom stereocenters. The third-order valence-electron chi connectivity index (χ3n) is 4.66. The molecule has 26 heavy (non-hydrogen) atoms. The summed E-state index contributed by atoms with van der Waals surface area (Å²) in [6.45, 7) is 1.12. The SMILES string of the molecule is COC(=O)[C@@H]1C[C@@H](OC2CCCCO2)CN1C(=O)OCc1ccccc1. The van der Waals surface area contributed by atoms with Crippen LogP contribution in [0.15, 0.2) is 30.3 Å². The van der Waals surface area contributed by atoms with Crippen molar-refractivity contribution >= 4 is 12.1 Å². The van der Waals surface area contributed by atoms with Gasteiger partial charge in [0.25, 0.3) is 0 Å². The summed E-state index contributed by atoms with van der Waals surface area (Å²) in [4.78, 5) is 26.0. The smallest absolute Gasteiger partial charge is 0.410 e. The standard InChI is InChI=1S/C19H25NO6/c1-23-18(21)16-11-15(26-17-9-5-6-10-24-17)12-20(16)19(22)25-13-14-7-3-2-4-8-14/h2-4,7-8,15-17H,5-6,9-13H2,1H3/t15-,16+,17?/m1/s1. The van der Waals surface area contributed by atoms with Gasteiger partial charge in [0, 0.05) is 13.0 Å². The molecule has 7 nitrogen and oxygen atoms in total. The van der Waals surface area contributed by atoms with Crippen LogP contribution in [-0.4, -0.2) is 55.7 Å². The van der Waals surface area contributed by atoms with Crippen LogP contribution in [0.2, 0.25) is 0 Å². The van der Waals surface area contributed by atoms with E-state index in [-0.39, 0.29) is 25.5 Å². The fraction of sp³-hybridized carbons (Fsp3) is 0.579. The van der Waals surface area contributed by atoms with Gasteiger partial charge in [-0.15, -0.1) is 0 Å². The van der Waals surface area contributed by atoms with E-state index in [1.807, 2.05) is 30.3 Å². The Morgan fingerprint density at radius 3 is 2.73 bits per heavy atom. The fourth-order valence-electron chi connectivity index (χ4n) is 3.29. The van der Waals surface area contributed by atoms with Gasteiger partial charge in [-0.05, 0) is 24.8 Å². The molecule has 7 heteroatoms. The maximum Gasteiger partial charge on any atom is 0.410 e. The molecule has 2 saturated heterocycles. The van der Waals surface area contributed by atoms with Gasteiger partial charge in [-0.25, -0.2) is 9.59 Å². The van der Waals surface area contributed by atoms with Gasteiger partial charge in [0.2, 0.25) is 0 Å². The van der Waals surface area contributed by atoms with Crippen molar-refractivity contribution in [3.8, 4) is 0 Å². The third kappa shape index (κ3) is 4.74. The second-order valence-corrected chi connectivity index (χ2v) is 6.52. The van der Waals surface area contributed by atoms with Crippen molar-refractivity contribution < 1.29 is 28.5 Å². The van der Waals surface area contributed by atoms with E-state index in [4.69, 9.17) is 18.9 Å². The Hall–Kier alpha value is -2.12. The molecule has 0 N–H and O–H groups in total. The first-order valence-electron chi connectivity index (χ1n) is 8.99. The number of esters is 1. The molecule has 0 spiro atoms. The largest absolute Gasteiger partial charge is 0.467 e. The van der Waals surface area contributed by atoms with Crippen LogP contribution in [0.25, 0.3) is 0 Å². The molecular formula is C19H25NO6. The number of hydrogen-bond donors (Lipinski definition) is 0. The minimum Gasteiger partial charge on any atom is -0.467 e. The van der Waals surface area contributed by atoms with Crippen molar-refractivity contribution in [2.75, 3.05) is 20.3 Å². The Bertz CT molecular complexity index is 601. The van der Waals surface area contributed by atoms with E-state index in [1.54, 1.807) is 0 Å². The summed E-state index contributed by atoms with van der Waals surface area (Å²) >= 11 is 0. The first kappa shape index (κ1) is 18.7. The molecule has 0 radical (unpaired) electrons. The van der Waals surface area contributed by atoms with Gasteiger partial charge in [0.1, 0.15) is 12.6 Å². The summed E-state index contributed by atoms with van der Waals surface area (Å²) in [6.07, 6.45) is 2.22. The van der Waals surface area contributed by atoms with Crippen LogP contribution in [0.4, 0.5) is 4.79 Å². The molecule has 142 valence electrons. The second kappa shape index (κ2) is 9.00. The molecule has 0 bridgehead atoms. The van der Waals surface area contributed by atoms with Crippen LogP contribution in [0, 0.1) is 0 Å². The van der Waals surface area contributed by atoms with Crippen LogP contribution >= 0.6 is 0 Å². The number of amides is 1. The number of nitrogens with zero attached hydrogens (tertiary/aromatic N) is 1. The van der Waals surface area contributed by atoms with E-state index in [9.17, 15) is 9.59 Å². The predicted octanol–water partition coefficient (Wildman–Crippen LogP) is 2.48. The summed E-state index contributed by atoms with van der Waals surface area (Å²) < 4.78 is 21.7. The molecule has 0 aliphatic carbocycles. The lowest BCUT2D eigenvalue weighted by molar-refractivity contribution is -0.185. The fourth-order valence-corrected chi connectivity index (χ4v) is 3.29. The van der Waals surface area contributed by atoms with E-state index in [0.29, 0.717) is 13.0 Å². The highest BCUT2D eigenvalue weighted by Gasteiger charge is 2.42. The summed E-state index contributed by atoms with van der Waals surface area (Å²) in [6, 6.07) is 8.71. The lowest BCUT2D eigenvalue weighted by atomic mass is 10.2. The monoisotopic (exact) mass is 363 g/mol. The van der Waals surface area contributed by atoms with E-state index >= 15 is 0 Å². The molecule has 1 aromatic rings. The number of rotatable bonds is 5. The average molecular weight is 363 g/mol. The van der Waals surface area contributed by atoms with Gasteiger partial charge in [-0.1, -0.05) is 30.3 Å². The van der Waals surface area contributed by atoms with Crippen LogP contribution in [0.3, 0.4) is 0 Å². The molecule has 2 fully saturated rings. The van der Waals surface area contributed by atoms with E-state index in [2.05, 4.69) is 0 Å². The minimum atomic E-state index is -0.697. The summed E-state index contributed by atoms with van der Waals surface area (Å²) in [5, 5.41) is 0. The zero-order chi connectivity index (χ0) is 18.4. The Balaban J connectivity index is 1.58. The zero-order valence-electron chi connectivity index (χ0n) is 15.0. The number of hydrogen-bond acceptors (Lipinski definition) is 6. The highest BCUT2D eigenvalue weighted by molar-refractivity contribution is 5.82. The van der Waals surface area contributed by atoms with Gasteiger partial charge < -0.3 is 18.9 Å². The van der Waals surface area contributed by atoms with Gasteiger partial charge in [0.15, 0.2) is 6.29 Å². The predicted molar refractivity (Wildman–Crippen MR) is 92.2 cm³/mol. The molecule has 1 amide bonds. The summed E-state index contributed by atoms with van der Waals surface area (Å²) in [7, 11) is 1.31. The molecule has 1 aromatic carbocycles. The topological polar surface area (TPSA) is 74.3 Å². The molecule has 3 rings (SSSR count). The van der Waals surface area contributed by atoms with Crippen molar-refractivity contribution in [2.24, 2.45) is 0 Å². The molecular weight excluding hydrogens is 338 g/mol. The average Bonchev–Trinajstić information content (AvgIpc) is 3.11. The van der Waals surface area contributed by atoms with Gasteiger partial charge in [-0.2, -0.15) is 0 Å². The maximum absolute atomic E-state index is 12.5. The Kier molecular flexibility index (Phi) is 6.46. The van der Waals surface area contributed by atoms with E-state index in [0.717, 1.165) is 24.8 Å². The normalized spacial score (nSPS) is 25.7. The molecule has 2 heterocycles. The molecule has 1 unspecified atom stereocenters. The van der Waals surface area contributed by atoms with Crippen LogP contribution in [0.5, 0.6) is 0 Å². The first-order chi connectivity index (χ1) is 12.7. The van der Waals surface area contributed by atoms with Gasteiger partial charge >= 0.3 is 12.1 Å². The molecule has 2 aliphatic heterocycles. The van der Waals surface area contributed by atoms with Crippen molar-refractivity contribution in [1.82, 2.24) is 4.90 Å². The Morgan fingerprint density at radius 2 is 2.04 bits per heavy atom. The number of carbonyl (C=O) groups excluding carboxylic acids is 2. The zero-order valence-corrected chi connectivity index (χ0v) is 15.0. The summed E-state index contributed by atoms with van der Waals surface area (Å²) in [5.41, 5.74) is 0.887. The number of carbonyl (C=O) groups is 2. The highest BCUT2D eigenvalue weighted by atomic mass is 16.7. The van der Waals surface area contributed by atoms with E-state index < -0.39 is 18.1 Å². The highest BCUT2D eigenvalue weighted by Crippen LogP contribution is 2.26. The minimum absolute atomic E-state index is 0.154. The van der Waals surface area contributed by atoms with Crippen molar-refractivity contribution in [3.63, 3.8) is 0 Å². The lowest BCUT2D eigenvalue weighted by Gasteiger charge is -2.25. The Morgan fingerprint density at radius 1 is 1.23 bits per heavy atom.